The van der Waals surface area contributed by atoms with Gasteiger partial charge in [0.15, 0.2) is 11.5 Å². The Kier molecular flexibility index (Phi) is 5.20. The first-order chi connectivity index (χ1) is 12.7. The summed E-state index contributed by atoms with van der Waals surface area (Å²) in [6.07, 6.45) is 0.902. The van der Waals surface area contributed by atoms with Gasteiger partial charge < -0.3 is 10.6 Å². The molecule has 3 rings (SSSR count). The Labute approximate surface area is 151 Å². The van der Waals surface area contributed by atoms with Gasteiger partial charge in [-0.2, -0.15) is 5.26 Å². The molecule has 1 aromatic heterocycles. The third-order valence-electron chi connectivity index (χ3n) is 3.81. The van der Waals surface area contributed by atoms with Gasteiger partial charge in [-0.15, -0.1) is 10.2 Å². The van der Waals surface area contributed by atoms with E-state index in [-0.39, 0.29) is 11.6 Å². The molecular weight excluding hydrogens is 326 g/mol. The summed E-state index contributed by atoms with van der Waals surface area (Å²) in [5, 5.41) is 22.9. The van der Waals surface area contributed by atoms with Crippen LogP contribution in [0.25, 0.3) is 0 Å². The summed E-state index contributed by atoms with van der Waals surface area (Å²) in [6, 6.07) is 20.0. The molecule has 1 heterocycles. The first kappa shape index (κ1) is 17.1. The van der Waals surface area contributed by atoms with Gasteiger partial charge in [-0.25, -0.2) is 0 Å². The highest BCUT2D eigenvalue weighted by molar-refractivity contribution is 6.02. The molecule has 0 radical (unpaired) electrons. The van der Waals surface area contributed by atoms with Crippen LogP contribution in [0.4, 0.5) is 17.2 Å². The second kappa shape index (κ2) is 7.90. The summed E-state index contributed by atoms with van der Waals surface area (Å²) >= 11 is 0. The smallest absolute Gasteiger partial charge is 0.276 e. The molecule has 0 atom stereocenters. The van der Waals surface area contributed by atoms with Crippen molar-refractivity contribution < 1.29 is 4.79 Å². The Balaban J connectivity index is 1.70. The van der Waals surface area contributed by atoms with Crippen molar-refractivity contribution in [1.29, 1.82) is 5.26 Å². The number of hydrogen-bond acceptors (Lipinski definition) is 5. The zero-order valence-electron chi connectivity index (χ0n) is 14.2. The third kappa shape index (κ3) is 4.02. The van der Waals surface area contributed by atoms with Gasteiger partial charge in [0, 0.05) is 11.4 Å². The minimum absolute atomic E-state index is 0.196. The molecule has 6 nitrogen and oxygen atoms in total. The summed E-state index contributed by atoms with van der Waals surface area (Å²) in [5.41, 5.74) is 3.35. The minimum atomic E-state index is -0.381. The van der Waals surface area contributed by atoms with Gasteiger partial charge in [0.1, 0.15) is 0 Å². The summed E-state index contributed by atoms with van der Waals surface area (Å²) in [7, 11) is 0. The normalized spacial score (nSPS) is 10.0. The van der Waals surface area contributed by atoms with Crippen LogP contribution in [0.2, 0.25) is 0 Å². The van der Waals surface area contributed by atoms with Crippen LogP contribution in [0.3, 0.4) is 0 Å². The van der Waals surface area contributed by atoms with Crippen molar-refractivity contribution in [3.8, 4) is 6.07 Å². The topological polar surface area (TPSA) is 90.7 Å². The second-order valence-corrected chi connectivity index (χ2v) is 5.59. The Bertz CT molecular complexity index is 960. The molecule has 0 aliphatic rings. The number of amides is 1. The first-order valence-electron chi connectivity index (χ1n) is 8.20. The third-order valence-corrected chi connectivity index (χ3v) is 3.81. The lowest BCUT2D eigenvalue weighted by Crippen LogP contribution is -2.14. The molecule has 0 spiro atoms. The van der Waals surface area contributed by atoms with E-state index >= 15 is 0 Å². The number of carbonyl (C=O) groups excluding carboxylic acids is 1. The molecule has 0 unspecified atom stereocenters. The lowest BCUT2D eigenvalue weighted by molar-refractivity contribution is 0.102. The number of aryl methyl sites for hydroxylation is 1. The Morgan fingerprint density at radius 1 is 1.08 bits per heavy atom. The van der Waals surface area contributed by atoms with Crippen molar-refractivity contribution >= 4 is 23.1 Å². The maximum atomic E-state index is 12.3. The van der Waals surface area contributed by atoms with E-state index in [9.17, 15) is 4.79 Å². The quantitative estimate of drug-likeness (QED) is 0.733. The predicted molar refractivity (Wildman–Crippen MR) is 100 cm³/mol. The number of aromatic nitrogens is 2. The molecule has 0 saturated heterocycles. The molecule has 3 aromatic rings. The molecule has 0 saturated carbocycles. The Hall–Kier alpha value is -3.72. The van der Waals surface area contributed by atoms with Crippen molar-refractivity contribution in [3.05, 3.63) is 77.5 Å². The maximum absolute atomic E-state index is 12.3. The highest BCUT2D eigenvalue weighted by atomic mass is 16.1. The predicted octanol–water partition coefficient (Wildman–Crippen LogP) is 3.91. The van der Waals surface area contributed by atoms with Crippen LogP contribution in [-0.4, -0.2) is 16.1 Å². The van der Waals surface area contributed by atoms with Crippen LogP contribution >= 0.6 is 0 Å². The maximum Gasteiger partial charge on any atom is 0.276 e. The first-order valence-corrected chi connectivity index (χ1v) is 8.20. The zero-order chi connectivity index (χ0) is 18.4. The average Bonchev–Trinajstić information content (AvgIpc) is 2.69. The summed E-state index contributed by atoms with van der Waals surface area (Å²) < 4.78 is 0. The number of para-hydroxylation sites is 1. The molecule has 0 aliphatic heterocycles. The van der Waals surface area contributed by atoms with Gasteiger partial charge in [-0.05, 0) is 48.4 Å². The number of rotatable bonds is 5. The number of nitriles is 1. The average molecular weight is 343 g/mol. The number of carbonyl (C=O) groups is 1. The van der Waals surface area contributed by atoms with Crippen LogP contribution in [0.5, 0.6) is 0 Å². The fourth-order valence-electron chi connectivity index (χ4n) is 2.47. The van der Waals surface area contributed by atoms with E-state index in [1.165, 1.54) is 5.56 Å². The second-order valence-electron chi connectivity index (χ2n) is 5.59. The van der Waals surface area contributed by atoms with Crippen molar-refractivity contribution in [2.24, 2.45) is 0 Å². The lowest BCUT2D eigenvalue weighted by Gasteiger charge is -2.10. The van der Waals surface area contributed by atoms with Gasteiger partial charge in [0.25, 0.3) is 5.91 Å². The molecule has 0 fully saturated rings. The van der Waals surface area contributed by atoms with Crippen molar-refractivity contribution in [2.45, 2.75) is 13.3 Å². The van der Waals surface area contributed by atoms with E-state index in [0.29, 0.717) is 17.1 Å². The number of hydrogen-bond donors (Lipinski definition) is 2. The van der Waals surface area contributed by atoms with E-state index in [0.717, 1.165) is 12.1 Å². The Morgan fingerprint density at radius 2 is 1.92 bits per heavy atom. The van der Waals surface area contributed by atoms with Gasteiger partial charge in [0.2, 0.25) is 0 Å². The van der Waals surface area contributed by atoms with Crippen LogP contribution in [-0.2, 0) is 6.42 Å². The molecule has 128 valence electrons. The molecule has 2 N–H and O–H groups in total. The van der Waals surface area contributed by atoms with Gasteiger partial charge in [-0.3, -0.25) is 4.79 Å². The summed E-state index contributed by atoms with van der Waals surface area (Å²) in [5.74, 6) is 0.182. The lowest BCUT2D eigenvalue weighted by atomic mass is 10.1. The molecule has 0 bridgehead atoms. The van der Waals surface area contributed by atoms with E-state index < -0.39 is 0 Å². The molecule has 2 aromatic carbocycles. The highest BCUT2D eigenvalue weighted by Crippen LogP contribution is 2.19. The van der Waals surface area contributed by atoms with E-state index in [1.807, 2.05) is 30.3 Å². The van der Waals surface area contributed by atoms with Gasteiger partial charge in [0.05, 0.1) is 11.6 Å². The van der Waals surface area contributed by atoms with Gasteiger partial charge in [-0.1, -0.05) is 31.2 Å². The minimum Gasteiger partial charge on any atom is -0.339 e. The molecule has 26 heavy (non-hydrogen) atoms. The molecular formula is C20H17N5O. The highest BCUT2D eigenvalue weighted by Gasteiger charge is 2.10. The molecule has 6 heteroatoms. The van der Waals surface area contributed by atoms with E-state index in [4.69, 9.17) is 5.26 Å². The summed E-state index contributed by atoms with van der Waals surface area (Å²) in [6.45, 7) is 2.08. The molecule has 1 amide bonds. The van der Waals surface area contributed by atoms with Crippen LogP contribution in [0, 0.1) is 11.3 Å². The van der Waals surface area contributed by atoms with E-state index in [2.05, 4.69) is 27.8 Å². The zero-order valence-corrected chi connectivity index (χ0v) is 14.2. The van der Waals surface area contributed by atoms with Crippen molar-refractivity contribution in [2.75, 3.05) is 10.6 Å². The fourth-order valence-corrected chi connectivity index (χ4v) is 2.47. The summed E-state index contributed by atoms with van der Waals surface area (Å²) in [4.78, 5) is 12.3. The SMILES string of the molecule is CCc1ccccc1Nc1ccc(C(=O)Nc2cccc(C#N)c2)nn1. The van der Waals surface area contributed by atoms with Crippen LogP contribution in [0.15, 0.2) is 60.7 Å². The van der Waals surface area contributed by atoms with Crippen LogP contribution < -0.4 is 10.6 Å². The number of nitrogens with one attached hydrogen (secondary N) is 2. The number of nitrogens with zero attached hydrogens (tertiary/aromatic N) is 3. The van der Waals surface area contributed by atoms with Crippen molar-refractivity contribution in [1.82, 2.24) is 10.2 Å². The monoisotopic (exact) mass is 343 g/mol. The van der Waals surface area contributed by atoms with Crippen LogP contribution in [0.1, 0.15) is 28.5 Å². The largest absolute Gasteiger partial charge is 0.339 e. The number of benzene rings is 2. The van der Waals surface area contributed by atoms with E-state index in [1.54, 1.807) is 36.4 Å². The standard InChI is InChI=1S/C20H17N5O/c1-2-15-7-3-4-9-17(15)23-19-11-10-18(24-25-19)20(26)22-16-8-5-6-14(12-16)13-21/h3-12H,2H2,1H3,(H,22,26)(H,23,25). The Morgan fingerprint density at radius 3 is 2.65 bits per heavy atom. The number of anilines is 3. The fraction of sp³-hybridized carbons (Fsp3) is 0.100. The van der Waals surface area contributed by atoms with Gasteiger partial charge >= 0.3 is 0 Å². The van der Waals surface area contributed by atoms with Crippen molar-refractivity contribution in [3.63, 3.8) is 0 Å². The molecule has 0 aliphatic carbocycles.